The number of hydrogen-bond donors (Lipinski definition) is 3. The van der Waals surface area contributed by atoms with Crippen molar-refractivity contribution in [3.63, 3.8) is 0 Å². The lowest BCUT2D eigenvalue weighted by molar-refractivity contribution is -0.161. The molecule has 0 aliphatic rings. The van der Waals surface area contributed by atoms with Gasteiger partial charge < -0.3 is 33.8 Å². The molecule has 0 aromatic rings. The predicted octanol–water partition coefficient (Wildman–Crippen LogP) is 24.0. The standard InChI is InChI=1S/C91H138O17P2/c1-5-9-13-17-21-25-29-33-37-40-42-45-48-51-55-59-63-67-71-75-88(93)101-81-86(107-90(95)77-73-69-65-61-57-53-47-36-32-28-24-20-16-12-8-4)83-105-109(97,98)103-79-85(92)80-104-110(99,100)106-84-87(108-91(96)78-74-70-66-62-58-54-50-44-39-35-31-27-23-19-15-11-7-3)82-102-89(94)76-72-68-64-60-56-52-49-46-43-41-38-34-30-26-22-18-14-10-6-2/h9-16,21-28,33-39,42-43,45-47,50-52,54-56,62-64,66-68,85-87,92H,5-8,17-20,29-32,40-41,44,48-49,53,57-61,65,69-84H2,1-4H3,(H,97,98)(H,99,100)/b13-9-,14-10-,15-11-,16-12-,25-21-,26-22-,27-23-,28-24-,37-33-,38-34-,39-35-,45-42-,46-43-,47-36-,54-50-,55-51-,56-52-,66-62-,67-63-,68-64-. The molecule has 0 aromatic heterocycles. The summed E-state index contributed by atoms with van der Waals surface area (Å²) in [6.07, 6.45) is 105. The number of aliphatic hydroxyl groups is 1. The van der Waals surface area contributed by atoms with Crippen LogP contribution in [0.15, 0.2) is 243 Å². The average molecular weight is 1570 g/mol. The molecule has 3 N–H and O–H groups in total. The Bertz CT molecular complexity index is 3050. The molecule has 0 fully saturated rings. The van der Waals surface area contributed by atoms with Crippen LogP contribution in [-0.2, 0) is 65.4 Å². The summed E-state index contributed by atoms with van der Waals surface area (Å²) in [7, 11) is -10.1. The second-order valence-electron chi connectivity index (χ2n) is 25.5. The van der Waals surface area contributed by atoms with Gasteiger partial charge in [-0.1, -0.05) is 290 Å². The van der Waals surface area contributed by atoms with Crippen LogP contribution in [-0.4, -0.2) is 96.7 Å². The van der Waals surface area contributed by atoms with Crippen molar-refractivity contribution in [2.75, 3.05) is 39.6 Å². The third kappa shape index (κ3) is 79.0. The van der Waals surface area contributed by atoms with Gasteiger partial charge in [-0.3, -0.25) is 37.3 Å². The first kappa shape index (κ1) is 103. The van der Waals surface area contributed by atoms with Crippen LogP contribution in [0.2, 0.25) is 0 Å². The second-order valence-corrected chi connectivity index (χ2v) is 28.4. The number of allylic oxidation sites excluding steroid dienone is 40. The Balaban J connectivity index is 5.60. The lowest BCUT2D eigenvalue weighted by atomic mass is 10.1. The van der Waals surface area contributed by atoms with Crippen LogP contribution in [0.4, 0.5) is 0 Å². The molecule has 0 heterocycles. The van der Waals surface area contributed by atoms with Crippen molar-refractivity contribution in [1.82, 2.24) is 0 Å². The second kappa shape index (κ2) is 79.9. The summed E-state index contributed by atoms with van der Waals surface area (Å²) in [4.78, 5) is 73.0. The Morgan fingerprint density at radius 3 is 0.755 bits per heavy atom. The number of carbonyl (C=O) groups excluding carboxylic acids is 4. The van der Waals surface area contributed by atoms with Gasteiger partial charge in [-0.05, 0) is 173 Å². The monoisotopic (exact) mass is 1560 g/mol. The summed E-state index contributed by atoms with van der Waals surface area (Å²) in [6.45, 7) is 4.11. The molecule has 19 heteroatoms. The number of hydrogen-bond acceptors (Lipinski definition) is 15. The summed E-state index contributed by atoms with van der Waals surface area (Å²) >= 11 is 0. The Morgan fingerprint density at radius 2 is 0.473 bits per heavy atom. The van der Waals surface area contributed by atoms with E-state index in [-0.39, 0.29) is 25.7 Å². The van der Waals surface area contributed by atoms with E-state index in [1.807, 2.05) is 48.6 Å². The summed E-state index contributed by atoms with van der Waals surface area (Å²) in [5, 5.41) is 10.7. The normalized spacial score (nSPS) is 15.1. The van der Waals surface area contributed by atoms with Gasteiger partial charge in [-0.2, -0.15) is 0 Å². The molecule has 0 saturated carbocycles. The van der Waals surface area contributed by atoms with Crippen LogP contribution >= 0.6 is 15.6 Å². The number of carbonyl (C=O) groups is 4. The van der Waals surface area contributed by atoms with E-state index in [4.69, 9.17) is 37.0 Å². The van der Waals surface area contributed by atoms with Crippen LogP contribution in [0.3, 0.4) is 0 Å². The maximum absolute atomic E-state index is 13.1. The van der Waals surface area contributed by atoms with Crippen molar-refractivity contribution in [3.05, 3.63) is 243 Å². The van der Waals surface area contributed by atoms with Gasteiger partial charge in [0.05, 0.1) is 26.4 Å². The molecule has 0 bridgehead atoms. The highest BCUT2D eigenvalue weighted by Gasteiger charge is 2.30. The van der Waals surface area contributed by atoms with Gasteiger partial charge in [-0.15, -0.1) is 0 Å². The quantitative estimate of drug-likeness (QED) is 0.0169. The number of esters is 4. The number of phosphoric ester groups is 2. The van der Waals surface area contributed by atoms with E-state index in [2.05, 4.69) is 222 Å². The third-order valence-electron chi connectivity index (χ3n) is 15.3. The average Bonchev–Trinajstić information content (AvgIpc) is 0.906. The number of ether oxygens (including phenoxy) is 4. The zero-order valence-electron chi connectivity index (χ0n) is 67.1. The Labute approximate surface area is 663 Å². The van der Waals surface area contributed by atoms with Crippen LogP contribution in [0.25, 0.3) is 0 Å². The van der Waals surface area contributed by atoms with E-state index in [0.29, 0.717) is 44.9 Å². The number of rotatable bonds is 72. The summed E-state index contributed by atoms with van der Waals surface area (Å²) in [5.74, 6) is -2.50. The van der Waals surface area contributed by atoms with Crippen molar-refractivity contribution >= 4 is 39.5 Å². The lowest BCUT2D eigenvalue weighted by Crippen LogP contribution is -2.30. The highest BCUT2D eigenvalue weighted by atomic mass is 31.2. The Kier molecular flexibility index (Phi) is 74.7. The van der Waals surface area contributed by atoms with Gasteiger partial charge >= 0.3 is 39.5 Å². The summed E-state index contributed by atoms with van der Waals surface area (Å²) in [5.41, 5.74) is 0. The van der Waals surface area contributed by atoms with Crippen LogP contribution in [0.5, 0.6) is 0 Å². The molecule has 0 amide bonds. The topological polar surface area (TPSA) is 237 Å². The number of phosphoric acid groups is 2. The molecule has 17 nitrogen and oxygen atoms in total. The molecule has 0 aromatic carbocycles. The zero-order chi connectivity index (χ0) is 80.3. The molecule has 614 valence electrons. The van der Waals surface area contributed by atoms with Gasteiger partial charge in [0.25, 0.3) is 0 Å². The van der Waals surface area contributed by atoms with Crippen molar-refractivity contribution in [3.8, 4) is 0 Å². The fourth-order valence-electron chi connectivity index (χ4n) is 9.38. The predicted molar refractivity (Wildman–Crippen MR) is 454 cm³/mol. The van der Waals surface area contributed by atoms with E-state index in [9.17, 15) is 43.2 Å². The molecule has 0 radical (unpaired) electrons. The van der Waals surface area contributed by atoms with E-state index in [0.717, 1.165) is 148 Å². The van der Waals surface area contributed by atoms with Crippen molar-refractivity contribution in [1.29, 1.82) is 0 Å². The smallest absolute Gasteiger partial charge is 0.462 e. The molecule has 0 aliphatic carbocycles. The Morgan fingerprint density at radius 1 is 0.255 bits per heavy atom. The zero-order valence-corrected chi connectivity index (χ0v) is 68.9. The minimum atomic E-state index is -5.03. The van der Waals surface area contributed by atoms with Gasteiger partial charge in [-0.25, -0.2) is 9.13 Å². The maximum atomic E-state index is 13.1. The Hall–Kier alpha value is -7.14. The fourth-order valence-corrected chi connectivity index (χ4v) is 11.0. The molecule has 5 atom stereocenters. The molecular formula is C91H138O17P2. The minimum Gasteiger partial charge on any atom is -0.462 e. The SMILES string of the molecule is CC/C=C\C/C=C\C/C=C\C/C=C\C/C=C\C/C=C\CCC(=O)OCC(COP(=O)(O)OCC(O)COP(=O)(O)OCC(COC(=O)CC/C=C\C/C=C\C/C=C\C/C=C\C/C=C\C/C=C\CC)OC(=O)CCCCCCC/C=C\C/C=C\C/C=C\CC)OC(=O)CCC/C=C\C/C=C\C/C=C\C/C=C\C/C=C\CC. The van der Waals surface area contributed by atoms with Crippen molar-refractivity contribution in [2.24, 2.45) is 0 Å². The molecule has 0 saturated heterocycles. The number of aliphatic hydroxyl groups excluding tert-OH is 1. The number of unbranched alkanes of at least 4 members (excludes halogenated alkanes) is 6. The molecular weight excluding hydrogens is 1430 g/mol. The largest absolute Gasteiger partial charge is 0.472 e. The van der Waals surface area contributed by atoms with Gasteiger partial charge in [0, 0.05) is 25.7 Å². The highest BCUT2D eigenvalue weighted by Crippen LogP contribution is 2.45. The first-order valence-corrected chi connectivity index (χ1v) is 43.3. The van der Waals surface area contributed by atoms with E-state index < -0.39 is 97.5 Å². The molecule has 0 rings (SSSR count). The maximum Gasteiger partial charge on any atom is 0.472 e. The first-order chi connectivity index (χ1) is 53.7. The summed E-state index contributed by atoms with van der Waals surface area (Å²) in [6, 6.07) is 0. The van der Waals surface area contributed by atoms with Crippen LogP contribution < -0.4 is 0 Å². The highest BCUT2D eigenvalue weighted by molar-refractivity contribution is 7.47. The van der Waals surface area contributed by atoms with Gasteiger partial charge in [0.2, 0.25) is 0 Å². The van der Waals surface area contributed by atoms with Gasteiger partial charge in [0.15, 0.2) is 12.2 Å². The fraction of sp³-hybridized carbons (Fsp3) is 0.516. The molecule has 5 unspecified atom stereocenters. The lowest BCUT2D eigenvalue weighted by Gasteiger charge is -2.21. The third-order valence-corrected chi connectivity index (χ3v) is 17.2. The van der Waals surface area contributed by atoms with E-state index >= 15 is 0 Å². The van der Waals surface area contributed by atoms with Crippen LogP contribution in [0, 0.1) is 0 Å². The minimum absolute atomic E-state index is 0.0108. The van der Waals surface area contributed by atoms with Crippen molar-refractivity contribution in [2.45, 2.75) is 264 Å². The molecule has 0 spiro atoms. The van der Waals surface area contributed by atoms with Crippen LogP contribution in [0.1, 0.15) is 246 Å². The summed E-state index contributed by atoms with van der Waals surface area (Å²) < 4.78 is 68.4. The van der Waals surface area contributed by atoms with E-state index in [1.165, 1.54) is 0 Å². The van der Waals surface area contributed by atoms with Gasteiger partial charge in [0.1, 0.15) is 19.3 Å². The van der Waals surface area contributed by atoms with E-state index in [1.54, 1.807) is 0 Å². The first-order valence-electron chi connectivity index (χ1n) is 40.3. The molecule has 110 heavy (non-hydrogen) atoms. The van der Waals surface area contributed by atoms with Crippen molar-refractivity contribution < 1.29 is 80.2 Å². The molecule has 0 aliphatic heterocycles.